The molecule has 1 heterocycles. The molecule has 2 rings (SSSR count). The molecule has 0 atom stereocenters. The van der Waals surface area contributed by atoms with Crippen LogP contribution in [0.4, 0.5) is 11.5 Å². The normalized spacial score (nSPS) is 9.89. The van der Waals surface area contributed by atoms with E-state index in [2.05, 4.69) is 15.7 Å². The van der Waals surface area contributed by atoms with E-state index in [-0.39, 0.29) is 0 Å². The summed E-state index contributed by atoms with van der Waals surface area (Å²) in [5.41, 5.74) is 3.23. The zero-order valence-electron chi connectivity index (χ0n) is 9.35. The van der Waals surface area contributed by atoms with Gasteiger partial charge in [-0.1, -0.05) is 11.6 Å². The molecule has 0 radical (unpaired) electrons. The summed E-state index contributed by atoms with van der Waals surface area (Å²) < 4.78 is 0. The maximum absolute atomic E-state index is 11.5. The molecule has 0 saturated carbocycles. The first kappa shape index (κ1) is 12.3. The highest BCUT2D eigenvalue weighted by atomic mass is 35.5. The van der Waals surface area contributed by atoms with Gasteiger partial charge in [-0.15, -0.1) is 0 Å². The number of nitrogen functional groups attached to an aromatic ring is 1. The largest absolute Gasteiger partial charge is 0.340 e. The lowest BCUT2D eigenvalue weighted by atomic mass is 10.2. The van der Waals surface area contributed by atoms with Crippen molar-refractivity contribution in [3.8, 4) is 0 Å². The predicted molar refractivity (Wildman–Crippen MR) is 70.6 cm³/mol. The monoisotopic (exact) mass is 262 g/mol. The minimum absolute atomic E-state index is 0.370. The van der Waals surface area contributed by atoms with Crippen LogP contribution in [0.1, 0.15) is 10.4 Å². The maximum atomic E-state index is 11.5. The van der Waals surface area contributed by atoms with Gasteiger partial charge in [0.05, 0.1) is 5.56 Å². The van der Waals surface area contributed by atoms with Crippen molar-refractivity contribution in [3.63, 3.8) is 0 Å². The molecule has 0 aliphatic heterocycles. The highest BCUT2D eigenvalue weighted by Crippen LogP contribution is 2.20. The van der Waals surface area contributed by atoms with Gasteiger partial charge in [0, 0.05) is 16.9 Å². The number of hydrogen-bond donors (Lipinski definition) is 3. The lowest BCUT2D eigenvalue weighted by Gasteiger charge is -2.09. The summed E-state index contributed by atoms with van der Waals surface area (Å²) in [6.07, 6.45) is 1.59. The van der Waals surface area contributed by atoms with Crippen LogP contribution in [0.5, 0.6) is 0 Å². The first-order valence-corrected chi connectivity index (χ1v) is 5.57. The fourth-order valence-corrected chi connectivity index (χ4v) is 1.56. The van der Waals surface area contributed by atoms with E-state index in [4.69, 9.17) is 17.4 Å². The molecule has 6 heteroatoms. The number of amides is 1. The Kier molecular flexibility index (Phi) is 3.76. The molecule has 1 aromatic heterocycles. The minimum Gasteiger partial charge on any atom is -0.340 e. The van der Waals surface area contributed by atoms with E-state index in [1.165, 1.54) is 0 Å². The van der Waals surface area contributed by atoms with E-state index in [0.29, 0.717) is 16.4 Å². The molecule has 0 saturated heterocycles. The van der Waals surface area contributed by atoms with E-state index < -0.39 is 5.91 Å². The average Bonchev–Trinajstić information content (AvgIpc) is 2.41. The van der Waals surface area contributed by atoms with E-state index in [1.807, 2.05) is 0 Å². The molecule has 0 aliphatic rings. The number of nitrogens with one attached hydrogen (secondary N) is 2. The summed E-state index contributed by atoms with van der Waals surface area (Å²) in [4.78, 5) is 15.6. The smallest absolute Gasteiger partial charge is 0.268 e. The van der Waals surface area contributed by atoms with E-state index in [9.17, 15) is 4.79 Å². The minimum atomic E-state index is -0.403. The van der Waals surface area contributed by atoms with Crippen LogP contribution in [0.15, 0.2) is 42.6 Å². The van der Waals surface area contributed by atoms with Crippen molar-refractivity contribution in [3.05, 3.63) is 53.2 Å². The number of carbonyl (C=O) groups is 1. The van der Waals surface area contributed by atoms with Gasteiger partial charge in [-0.05, 0) is 36.4 Å². The van der Waals surface area contributed by atoms with Gasteiger partial charge < -0.3 is 5.32 Å². The van der Waals surface area contributed by atoms with Crippen LogP contribution in [-0.4, -0.2) is 10.9 Å². The summed E-state index contributed by atoms with van der Waals surface area (Å²) >= 11 is 5.79. The molecule has 18 heavy (non-hydrogen) atoms. The Morgan fingerprint density at radius 1 is 1.22 bits per heavy atom. The van der Waals surface area contributed by atoms with Gasteiger partial charge >= 0.3 is 0 Å². The van der Waals surface area contributed by atoms with Crippen LogP contribution < -0.4 is 16.6 Å². The van der Waals surface area contributed by atoms with Gasteiger partial charge in [-0.25, -0.2) is 10.8 Å². The summed E-state index contributed by atoms with van der Waals surface area (Å²) in [5.74, 6) is 5.14. The molecule has 1 amide bonds. The summed E-state index contributed by atoms with van der Waals surface area (Å²) in [7, 11) is 0. The SMILES string of the molecule is NNC(=O)c1cccnc1Nc1ccc(Cl)cc1. The van der Waals surface area contributed by atoms with Crippen LogP contribution >= 0.6 is 11.6 Å². The third-order valence-corrected chi connectivity index (χ3v) is 2.54. The molecule has 1 aromatic carbocycles. The predicted octanol–water partition coefficient (Wildman–Crippen LogP) is 2.08. The summed E-state index contributed by atoms with van der Waals surface area (Å²) in [6, 6.07) is 10.4. The number of anilines is 2. The number of carbonyl (C=O) groups excluding carboxylic acids is 1. The number of hydrazine groups is 1. The molecule has 2 aromatic rings. The molecule has 92 valence electrons. The van der Waals surface area contributed by atoms with E-state index >= 15 is 0 Å². The molecule has 0 unspecified atom stereocenters. The third-order valence-electron chi connectivity index (χ3n) is 2.29. The fraction of sp³-hybridized carbons (Fsp3) is 0. The Hall–Kier alpha value is -2.11. The number of rotatable bonds is 3. The lowest BCUT2D eigenvalue weighted by Crippen LogP contribution is -2.30. The van der Waals surface area contributed by atoms with Gasteiger partial charge in [-0.2, -0.15) is 0 Å². The summed E-state index contributed by atoms with van der Waals surface area (Å²) in [6.45, 7) is 0. The van der Waals surface area contributed by atoms with Crippen molar-refractivity contribution in [1.82, 2.24) is 10.4 Å². The first-order valence-electron chi connectivity index (χ1n) is 5.19. The quantitative estimate of drug-likeness (QED) is 0.449. The summed E-state index contributed by atoms with van der Waals surface area (Å²) in [5, 5.41) is 3.67. The van der Waals surface area contributed by atoms with Gasteiger partial charge in [-0.3, -0.25) is 10.2 Å². The molecule has 5 nitrogen and oxygen atoms in total. The molecular formula is C12H11ClN4O. The van der Waals surface area contributed by atoms with Crippen LogP contribution in [0.3, 0.4) is 0 Å². The van der Waals surface area contributed by atoms with E-state index in [0.717, 1.165) is 5.69 Å². The van der Waals surface area contributed by atoms with Crippen molar-refractivity contribution in [1.29, 1.82) is 0 Å². The Labute approximate surface area is 109 Å². The molecule has 0 bridgehead atoms. The average molecular weight is 263 g/mol. The number of pyridine rings is 1. The number of nitrogens with two attached hydrogens (primary N) is 1. The second-order valence-electron chi connectivity index (χ2n) is 3.50. The number of aromatic nitrogens is 1. The van der Waals surface area contributed by atoms with Crippen LogP contribution in [0.2, 0.25) is 5.02 Å². The Bertz CT molecular complexity index is 556. The molecule has 0 aliphatic carbocycles. The molecule has 0 fully saturated rings. The Morgan fingerprint density at radius 3 is 2.61 bits per heavy atom. The topological polar surface area (TPSA) is 80.0 Å². The second-order valence-corrected chi connectivity index (χ2v) is 3.94. The Balaban J connectivity index is 2.28. The number of hydrogen-bond acceptors (Lipinski definition) is 4. The fourth-order valence-electron chi connectivity index (χ4n) is 1.44. The lowest BCUT2D eigenvalue weighted by molar-refractivity contribution is 0.0954. The van der Waals surface area contributed by atoms with Gasteiger partial charge in [0.1, 0.15) is 5.82 Å². The molecule has 4 N–H and O–H groups in total. The van der Waals surface area contributed by atoms with Crippen molar-refractivity contribution in [2.24, 2.45) is 5.84 Å². The van der Waals surface area contributed by atoms with Crippen molar-refractivity contribution >= 4 is 29.0 Å². The van der Waals surface area contributed by atoms with Crippen molar-refractivity contribution < 1.29 is 4.79 Å². The molecular weight excluding hydrogens is 252 g/mol. The third kappa shape index (κ3) is 2.77. The van der Waals surface area contributed by atoms with Gasteiger partial charge in [0.2, 0.25) is 0 Å². The highest BCUT2D eigenvalue weighted by Gasteiger charge is 2.10. The van der Waals surface area contributed by atoms with Crippen LogP contribution in [-0.2, 0) is 0 Å². The van der Waals surface area contributed by atoms with E-state index in [1.54, 1.807) is 42.6 Å². The van der Waals surface area contributed by atoms with Crippen LogP contribution in [0.25, 0.3) is 0 Å². The van der Waals surface area contributed by atoms with Crippen LogP contribution in [0, 0.1) is 0 Å². The first-order chi connectivity index (χ1) is 8.70. The second kappa shape index (κ2) is 5.48. The number of halogens is 1. The zero-order valence-corrected chi connectivity index (χ0v) is 10.1. The van der Waals surface area contributed by atoms with Gasteiger partial charge in [0.15, 0.2) is 0 Å². The maximum Gasteiger partial charge on any atom is 0.268 e. The number of nitrogens with zero attached hydrogens (tertiary/aromatic N) is 1. The Morgan fingerprint density at radius 2 is 1.94 bits per heavy atom. The standard InChI is InChI=1S/C12H11ClN4O/c13-8-3-5-9(6-4-8)16-11-10(12(18)17-14)2-1-7-15-11/h1-7H,14H2,(H,15,16)(H,17,18). The highest BCUT2D eigenvalue weighted by molar-refractivity contribution is 6.30. The number of benzene rings is 1. The zero-order chi connectivity index (χ0) is 13.0. The van der Waals surface area contributed by atoms with Crippen molar-refractivity contribution in [2.75, 3.05) is 5.32 Å². The molecule has 0 spiro atoms. The van der Waals surface area contributed by atoms with Gasteiger partial charge in [0.25, 0.3) is 5.91 Å². The van der Waals surface area contributed by atoms with Crippen molar-refractivity contribution in [2.45, 2.75) is 0 Å².